The highest BCUT2D eigenvalue weighted by Gasteiger charge is 2.35. The smallest absolute Gasteiger partial charge is 0.254 e. The molecule has 0 spiro atoms. The lowest BCUT2D eigenvalue weighted by atomic mass is 10.0. The van der Waals surface area contributed by atoms with Gasteiger partial charge in [0.15, 0.2) is 11.5 Å². The molecule has 2 aromatic carbocycles. The summed E-state index contributed by atoms with van der Waals surface area (Å²) in [6, 6.07) is 15.7. The highest BCUT2D eigenvalue weighted by molar-refractivity contribution is 5.95. The number of amides is 2. The second kappa shape index (κ2) is 15.2. The maximum Gasteiger partial charge on any atom is 0.254 e. The predicted octanol–water partition coefficient (Wildman–Crippen LogP) is 3.76. The maximum absolute atomic E-state index is 13.7. The van der Waals surface area contributed by atoms with Gasteiger partial charge in [-0.25, -0.2) is 0 Å². The monoisotopic (exact) mass is 567 g/mol. The number of methoxy groups -OCH3 is 2. The molecule has 2 unspecified atom stereocenters. The van der Waals surface area contributed by atoms with Gasteiger partial charge in [-0.3, -0.25) is 9.59 Å². The number of rotatable bonds is 16. The Hall–Kier alpha value is -3.14. The average Bonchev–Trinajstić information content (AvgIpc) is 3.73. The van der Waals surface area contributed by atoms with Gasteiger partial charge >= 0.3 is 0 Å². The average molecular weight is 568 g/mol. The molecule has 41 heavy (non-hydrogen) atoms. The summed E-state index contributed by atoms with van der Waals surface area (Å²) in [5, 5.41) is 3.40. The first-order chi connectivity index (χ1) is 19.9. The van der Waals surface area contributed by atoms with Gasteiger partial charge in [-0.2, -0.15) is 0 Å². The number of hydrogen-bond acceptors (Lipinski definition) is 7. The summed E-state index contributed by atoms with van der Waals surface area (Å²) in [6.45, 7) is 7.65. The van der Waals surface area contributed by atoms with E-state index in [0.29, 0.717) is 56.0 Å². The molecule has 2 aliphatic rings. The van der Waals surface area contributed by atoms with Crippen molar-refractivity contribution in [2.24, 2.45) is 5.92 Å². The number of carbonyl (C=O) groups is 2. The van der Waals surface area contributed by atoms with Crippen molar-refractivity contribution in [3.8, 4) is 11.5 Å². The lowest BCUT2D eigenvalue weighted by Crippen LogP contribution is -2.44. The first kappa shape index (κ1) is 30.8. The maximum atomic E-state index is 13.7. The van der Waals surface area contributed by atoms with Crippen LogP contribution in [0.4, 0.5) is 0 Å². The van der Waals surface area contributed by atoms with E-state index in [2.05, 4.69) is 17.4 Å². The van der Waals surface area contributed by atoms with Gasteiger partial charge in [-0.05, 0) is 50.5 Å². The summed E-state index contributed by atoms with van der Waals surface area (Å²) in [6.07, 6.45) is 2.67. The fourth-order valence-corrected chi connectivity index (χ4v) is 5.19. The number of nitrogens with one attached hydrogen (secondary N) is 1. The van der Waals surface area contributed by atoms with E-state index in [-0.39, 0.29) is 36.5 Å². The molecule has 2 fully saturated rings. The Morgan fingerprint density at radius 1 is 1.00 bits per heavy atom. The van der Waals surface area contributed by atoms with Crippen molar-refractivity contribution in [2.45, 2.75) is 57.8 Å². The third-order valence-electron chi connectivity index (χ3n) is 7.68. The van der Waals surface area contributed by atoms with Crippen molar-refractivity contribution in [1.29, 1.82) is 0 Å². The highest BCUT2D eigenvalue weighted by Crippen LogP contribution is 2.30. The molecular formula is C32H45N3O6. The van der Waals surface area contributed by atoms with Crippen LogP contribution in [0.2, 0.25) is 0 Å². The summed E-state index contributed by atoms with van der Waals surface area (Å²) in [7, 11) is 3.24. The Kier molecular flexibility index (Phi) is 11.4. The number of carbonyl (C=O) groups excluding carboxylic acids is 2. The first-order valence-electron chi connectivity index (χ1n) is 14.7. The molecule has 2 aromatic rings. The van der Waals surface area contributed by atoms with Crippen LogP contribution in [0.15, 0.2) is 48.5 Å². The van der Waals surface area contributed by atoms with Crippen molar-refractivity contribution >= 4 is 11.8 Å². The van der Waals surface area contributed by atoms with E-state index in [1.54, 1.807) is 32.4 Å². The summed E-state index contributed by atoms with van der Waals surface area (Å²) in [5.41, 5.74) is 1.67. The molecule has 0 bridgehead atoms. The van der Waals surface area contributed by atoms with Crippen LogP contribution in [0.3, 0.4) is 0 Å². The largest absolute Gasteiger partial charge is 0.493 e. The van der Waals surface area contributed by atoms with Gasteiger partial charge in [0, 0.05) is 69.9 Å². The Morgan fingerprint density at radius 3 is 2.46 bits per heavy atom. The molecule has 224 valence electrons. The van der Waals surface area contributed by atoms with E-state index in [4.69, 9.17) is 18.9 Å². The molecule has 0 radical (unpaired) electrons. The van der Waals surface area contributed by atoms with E-state index >= 15 is 0 Å². The molecule has 2 amide bonds. The van der Waals surface area contributed by atoms with Gasteiger partial charge in [0.2, 0.25) is 5.91 Å². The van der Waals surface area contributed by atoms with Crippen molar-refractivity contribution in [3.05, 3.63) is 59.7 Å². The van der Waals surface area contributed by atoms with Gasteiger partial charge in [-0.1, -0.05) is 30.3 Å². The summed E-state index contributed by atoms with van der Waals surface area (Å²) >= 11 is 0. The van der Waals surface area contributed by atoms with E-state index in [1.165, 1.54) is 0 Å². The van der Waals surface area contributed by atoms with Gasteiger partial charge < -0.3 is 34.1 Å². The Balaban J connectivity index is 1.37. The van der Waals surface area contributed by atoms with Crippen LogP contribution in [0.1, 0.15) is 49.0 Å². The zero-order valence-electron chi connectivity index (χ0n) is 24.8. The molecule has 1 heterocycles. The second-order valence-corrected chi connectivity index (χ2v) is 11.1. The zero-order valence-corrected chi connectivity index (χ0v) is 24.8. The molecule has 1 aliphatic carbocycles. The second-order valence-electron chi connectivity index (χ2n) is 11.1. The van der Waals surface area contributed by atoms with E-state index in [9.17, 15) is 9.59 Å². The number of nitrogens with zero attached hydrogens (tertiary/aromatic N) is 2. The number of ether oxygens (including phenoxy) is 4. The summed E-state index contributed by atoms with van der Waals surface area (Å²) in [5.74, 6) is 1.14. The topological polar surface area (TPSA) is 89.6 Å². The van der Waals surface area contributed by atoms with Crippen LogP contribution in [0.5, 0.6) is 11.5 Å². The van der Waals surface area contributed by atoms with Crippen LogP contribution >= 0.6 is 0 Å². The van der Waals surface area contributed by atoms with Crippen LogP contribution in [-0.2, 0) is 20.8 Å². The van der Waals surface area contributed by atoms with Crippen molar-refractivity contribution in [3.63, 3.8) is 0 Å². The zero-order chi connectivity index (χ0) is 29.2. The first-order valence-corrected chi connectivity index (χ1v) is 14.7. The van der Waals surface area contributed by atoms with Crippen molar-refractivity contribution in [2.75, 3.05) is 53.7 Å². The Bertz CT molecular complexity index is 1120. The normalized spacial score (nSPS) is 18.4. The minimum atomic E-state index is -0.152. The van der Waals surface area contributed by atoms with Gasteiger partial charge in [-0.15, -0.1) is 0 Å². The van der Waals surface area contributed by atoms with Gasteiger partial charge in [0.1, 0.15) is 6.61 Å². The van der Waals surface area contributed by atoms with Crippen LogP contribution < -0.4 is 14.8 Å². The minimum absolute atomic E-state index is 0.0187. The minimum Gasteiger partial charge on any atom is -0.493 e. The fraction of sp³-hybridized carbons (Fsp3) is 0.562. The van der Waals surface area contributed by atoms with Crippen LogP contribution in [-0.4, -0.2) is 93.5 Å². The highest BCUT2D eigenvalue weighted by atomic mass is 16.5. The van der Waals surface area contributed by atoms with Crippen molar-refractivity contribution in [1.82, 2.24) is 15.1 Å². The van der Waals surface area contributed by atoms with Crippen LogP contribution in [0, 0.1) is 5.92 Å². The molecule has 1 N–H and O–H groups in total. The summed E-state index contributed by atoms with van der Waals surface area (Å²) < 4.78 is 22.7. The third-order valence-corrected chi connectivity index (χ3v) is 7.68. The Labute approximate surface area is 244 Å². The molecule has 1 saturated carbocycles. The molecule has 0 aromatic heterocycles. The van der Waals surface area contributed by atoms with E-state index in [1.807, 2.05) is 41.8 Å². The van der Waals surface area contributed by atoms with Crippen molar-refractivity contribution < 1.29 is 28.5 Å². The molecule has 2 atom stereocenters. The van der Waals surface area contributed by atoms with E-state index < -0.39 is 0 Å². The lowest BCUT2D eigenvalue weighted by molar-refractivity contribution is -0.140. The molecule has 1 aliphatic heterocycles. The molecule has 1 saturated heterocycles. The third kappa shape index (κ3) is 8.67. The SMILES string of the molecule is COCCCOc1cc(C(=O)N(CC2CNCC2OCC(=O)N(Cc2ccccc2)C2CC2)C(C)C)ccc1OC. The number of hydrogen-bond donors (Lipinski definition) is 1. The predicted molar refractivity (Wildman–Crippen MR) is 157 cm³/mol. The molecule has 4 rings (SSSR count). The summed E-state index contributed by atoms with van der Waals surface area (Å²) in [4.78, 5) is 30.7. The molecular weight excluding hydrogens is 522 g/mol. The standard InChI is InChI=1S/C32H45N3O6/c1-23(2)34(32(37)25-11-14-28(39-4)29(17-25)40-16-8-15-38-3)21-26-18-33-19-30(26)41-22-31(36)35(27-12-13-27)20-24-9-6-5-7-10-24/h5-7,9-11,14,17,23,26-27,30,33H,8,12-13,15-16,18-22H2,1-4H3. The number of benzene rings is 2. The van der Waals surface area contributed by atoms with Gasteiger partial charge in [0.05, 0.1) is 19.8 Å². The van der Waals surface area contributed by atoms with Crippen LogP contribution in [0.25, 0.3) is 0 Å². The molecule has 9 nitrogen and oxygen atoms in total. The quantitative estimate of drug-likeness (QED) is 0.309. The Morgan fingerprint density at radius 2 is 1.78 bits per heavy atom. The van der Waals surface area contributed by atoms with E-state index in [0.717, 1.165) is 31.4 Å². The lowest BCUT2D eigenvalue weighted by Gasteiger charge is -2.32. The molecule has 9 heteroatoms. The fourth-order valence-electron chi connectivity index (χ4n) is 5.19. The van der Waals surface area contributed by atoms with Gasteiger partial charge in [0.25, 0.3) is 5.91 Å².